The predicted molar refractivity (Wildman–Crippen MR) is 118 cm³/mol. The number of carbonyl (C=O) groups excluding carboxylic acids is 1. The molecule has 5 nitrogen and oxygen atoms in total. The van der Waals surface area contributed by atoms with Crippen LogP contribution in [-0.4, -0.2) is 30.2 Å². The molecule has 1 saturated carbocycles. The van der Waals surface area contributed by atoms with E-state index >= 15 is 0 Å². The largest absolute Gasteiger partial charge is 0.371 e. The van der Waals surface area contributed by atoms with E-state index in [4.69, 9.17) is 11.6 Å². The Labute approximate surface area is 177 Å². The van der Waals surface area contributed by atoms with E-state index in [2.05, 4.69) is 26.5 Å². The van der Waals surface area contributed by atoms with Crippen LogP contribution in [0.3, 0.4) is 0 Å². The summed E-state index contributed by atoms with van der Waals surface area (Å²) in [6.07, 6.45) is 14.3. The number of halogens is 1. The molecule has 2 aliphatic rings. The monoisotopic (exact) mass is 410 g/mol. The van der Waals surface area contributed by atoms with Crippen molar-refractivity contribution < 1.29 is 4.79 Å². The van der Waals surface area contributed by atoms with E-state index in [1.165, 1.54) is 51.1 Å². The van der Waals surface area contributed by atoms with Gasteiger partial charge in [-0.1, -0.05) is 30.9 Å². The molecule has 1 aliphatic heterocycles. The second-order valence-electron chi connectivity index (χ2n) is 8.19. The van der Waals surface area contributed by atoms with Gasteiger partial charge in [-0.05, 0) is 61.4 Å². The van der Waals surface area contributed by atoms with Crippen LogP contribution in [0.15, 0.2) is 47.8 Å². The third kappa shape index (κ3) is 4.78. The van der Waals surface area contributed by atoms with Gasteiger partial charge in [0, 0.05) is 36.7 Å². The number of carbonyl (C=O) groups is 1. The first-order chi connectivity index (χ1) is 14.2. The second kappa shape index (κ2) is 8.95. The van der Waals surface area contributed by atoms with E-state index < -0.39 is 0 Å². The van der Waals surface area contributed by atoms with Crippen molar-refractivity contribution in [2.45, 2.75) is 44.9 Å². The van der Waals surface area contributed by atoms with Crippen molar-refractivity contribution in [1.29, 1.82) is 0 Å². The number of aromatic nitrogens is 1. The van der Waals surface area contributed by atoms with Crippen molar-refractivity contribution in [3.05, 3.63) is 58.9 Å². The zero-order valence-electron chi connectivity index (χ0n) is 16.6. The summed E-state index contributed by atoms with van der Waals surface area (Å²) in [5.41, 5.74) is 5.51. The minimum absolute atomic E-state index is 0.299. The molecule has 1 spiro atoms. The van der Waals surface area contributed by atoms with Crippen molar-refractivity contribution in [3.8, 4) is 0 Å². The van der Waals surface area contributed by atoms with Crippen LogP contribution in [0.5, 0.6) is 0 Å². The van der Waals surface area contributed by atoms with Crippen LogP contribution in [0.2, 0.25) is 5.02 Å². The number of piperidine rings is 1. The van der Waals surface area contributed by atoms with Gasteiger partial charge >= 0.3 is 0 Å². The van der Waals surface area contributed by atoms with E-state index in [0.717, 1.165) is 24.3 Å². The van der Waals surface area contributed by atoms with E-state index in [1.54, 1.807) is 24.5 Å². The molecule has 29 heavy (non-hydrogen) atoms. The maximum atomic E-state index is 12.0. The van der Waals surface area contributed by atoms with Crippen molar-refractivity contribution in [1.82, 2.24) is 10.4 Å². The number of rotatable bonds is 4. The third-order valence-electron chi connectivity index (χ3n) is 6.38. The van der Waals surface area contributed by atoms with Crippen LogP contribution in [0.1, 0.15) is 60.9 Å². The molecule has 0 bridgehead atoms. The van der Waals surface area contributed by atoms with Crippen molar-refractivity contribution in [2.75, 3.05) is 18.0 Å². The third-order valence-corrected chi connectivity index (χ3v) is 6.71. The van der Waals surface area contributed by atoms with Crippen LogP contribution >= 0.6 is 11.6 Å². The summed E-state index contributed by atoms with van der Waals surface area (Å²) in [5.74, 6) is -0.299. The molecular formula is C23H27ClN4O. The number of anilines is 1. The SMILES string of the molecule is O=C(N/N=C/c1ccc(N2CCC3(CCCCC3)CC2)cc1Cl)c1cccnc1. The van der Waals surface area contributed by atoms with Gasteiger partial charge < -0.3 is 4.90 Å². The Hall–Kier alpha value is -2.40. The van der Waals surface area contributed by atoms with Crippen molar-refractivity contribution in [3.63, 3.8) is 0 Å². The Kier molecular flexibility index (Phi) is 6.14. The van der Waals surface area contributed by atoms with Gasteiger partial charge in [-0.25, -0.2) is 5.43 Å². The quantitative estimate of drug-likeness (QED) is 0.566. The standard InChI is InChI=1S/C23H27ClN4O/c24-21-15-20(28-13-10-23(11-14-28)8-2-1-3-9-23)7-6-18(21)17-26-27-22(29)19-5-4-12-25-16-19/h4-7,12,15-17H,1-3,8-11,13-14H2,(H,27,29)/b26-17+. The zero-order valence-corrected chi connectivity index (χ0v) is 17.4. The molecule has 152 valence electrons. The van der Waals surface area contributed by atoms with Gasteiger partial charge in [0.2, 0.25) is 0 Å². The molecule has 6 heteroatoms. The molecule has 1 amide bonds. The molecule has 2 heterocycles. The minimum Gasteiger partial charge on any atom is -0.371 e. The lowest BCUT2D eigenvalue weighted by molar-refractivity contribution is 0.0955. The summed E-state index contributed by atoms with van der Waals surface area (Å²) >= 11 is 6.48. The van der Waals surface area contributed by atoms with Crippen LogP contribution in [0.4, 0.5) is 5.69 Å². The van der Waals surface area contributed by atoms with Gasteiger partial charge in [-0.3, -0.25) is 9.78 Å². The summed E-state index contributed by atoms with van der Waals surface area (Å²) in [7, 11) is 0. The van der Waals surface area contributed by atoms with Crippen molar-refractivity contribution >= 4 is 29.4 Å². The van der Waals surface area contributed by atoms with E-state index in [1.807, 2.05) is 12.1 Å². The first-order valence-electron chi connectivity index (χ1n) is 10.4. The minimum atomic E-state index is -0.299. The zero-order chi connectivity index (χ0) is 20.1. The highest BCUT2D eigenvalue weighted by Gasteiger charge is 2.35. The Balaban J connectivity index is 1.35. The van der Waals surface area contributed by atoms with Crippen molar-refractivity contribution in [2.24, 2.45) is 10.5 Å². The van der Waals surface area contributed by atoms with E-state index in [9.17, 15) is 4.79 Å². The number of nitrogens with zero attached hydrogens (tertiary/aromatic N) is 3. The number of hydrogen-bond donors (Lipinski definition) is 1. The van der Waals surface area contributed by atoms with Gasteiger partial charge in [0.05, 0.1) is 16.8 Å². The lowest BCUT2D eigenvalue weighted by Gasteiger charge is -2.45. The number of amides is 1. The molecule has 1 N–H and O–H groups in total. The lowest BCUT2D eigenvalue weighted by Crippen LogP contribution is -2.41. The van der Waals surface area contributed by atoms with Gasteiger partial charge in [0.25, 0.3) is 5.91 Å². The number of hydrazone groups is 1. The van der Waals surface area contributed by atoms with E-state index in [0.29, 0.717) is 16.0 Å². The molecule has 1 aliphatic carbocycles. The second-order valence-corrected chi connectivity index (χ2v) is 8.60. The smallest absolute Gasteiger partial charge is 0.272 e. The van der Waals surface area contributed by atoms with Gasteiger partial charge in [-0.2, -0.15) is 5.10 Å². The van der Waals surface area contributed by atoms with E-state index in [-0.39, 0.29) is 5.91 Å². The maximum Gasteiger partial charge on any atom is 0.272 e. The summed E-state index contributed by atoms with van der Waals surface area (Å²) in [4.78, 5) is 18.4. The van der Waals surface area contributed by atoms with Crippen LogP contribution in [0.25, 0.3) is 0 Å². The Morgan fingerprint density at radius 3 is 2.62 bits per heavy atom. The normalized spacial score (nSPS) is 18.9. The topological polar surface area (TPSA) is 57.6 Å². The molecular weight excluding hydrogens is 384 g/mol. The highest BCUT2D eigenvalue weighted by atomic mass is 35.5. The lowest BCUT2D eigenvalue weighted by atomic mass is 9.68. The summed E-state index contributed by atoms with van der Waals surface area (Å²) in [6.45, 7) is 2.20. The fourth-order valence-electron chi connectivity index (χ4n) is 4.58. The van der Waals surface area contributed by atoms with Gasteiger partial charge in [-0.15, -0.1) is 0 Å². The molecule has 0 radical (unpaired) electrons. The number of nitrogens with one attached hydrogen (secondary N) is 1. The number of pyridine rings is 1. The number of hydrogen-bond acceptors (Lipinski definition) is 4. The average Bonchev–Trinajstić information content (AvgIpc) is 2.76. The van der Waals surface area contributed by atoms with Crippen LogP contribution in [0, 0.1) is 5.41 Å². The Morgan fingerprint density at radius 1 is 1.14 bits per heavy atom. The molecule has 1 aromatic heterocycles. The number of benzene rings is 1. The van der Waals surface area contributed by atoms with Gasteiger partial charge in [0.1, 0.15) is 0 Å². The Morgan fingerprint density at radius 2 is 1.93 bits per heavy atom. The summed E-state index contributed by atoms with van der Waals surface area (Å²) < 4.78 is 0. The van der Waals surface area contributed by atoms with Crippen LogP contribution in [-0.2, 0) is 0 Å². The Bertz CT molecular complexity index is 868. The molecule has 1 saturated heterocycles. The summed E-state index contributed by atoms with van der Waals surface area (Å²) in [5, 5.41) is 4.67. The fourth-order valence-corrected chi connectivity index (χ4v) is 4.80. The van der Waals surface area contributed by atoms with Crippen LogP contribution < -0.4 is 10.3 Å². The molecule has 4 rings (SSSR count). The molecule has 0 unspecified atom stereocenters. The molecule has 2 aromatic rings. The fraction of sp³-hybridized carbons (Fsp3) is 0.435. The first-order valence-corrected chi connectivity index (χ1v) is 10.8. The first kappa shape index (κ1) is 19.9. The molecule has 0 atom stereocenters. The summed E-state index contributed by atoms with van der Waals surface area (Å²) in [6, 6.07) is 9.46. The maximum absolute atomic E-state index is 12.0. The molecule has 1 aromatic carbocycles. The highest BCUT2D eigenvalue weighted by molar-refractivity contribution is 6.33. The highest BCUT2D eigenvalue weighted by Crippen LogP contribution is 2.45. The molecule has 2 fully saturated rings. The predicted octanol–water partition coefficient (Wildman–Crippen LogP) is 5.05. The van der Waals surface area contributed by atoms with Gasteiger partial charge in [0.15, 0.2) is 0 Å². The average molecular weight is 411 g/mol.